The van der Waals surface area contributed by atoms with Gasteiger partial charge in [0.05, 0.1) is 11.0 Å². The third kappa shape index (κ3) is 3.94. The minimum atomic E-state index is -0.527. The van der Waals surface area contributed by atoms with Gasteiger partial charge in [0.2, 0.25) is 5.88 Å². The number of rotatable bonds is 3. The highest BCUT2D eigenvalue weighted by atomic mass is 32.1. The number of carbonyl (C=O) groups excluding carboxylic acids is 1. The molecule has 0 atom stereocenters. The van der Waals surface area contributed by atoms with Crippen molar-refractivity contribution in [2.45, 2.75) is 6.92 Å². The van der Waals surface area contributed by atoms with Gasteiger partial charge >= 0.3 is 0 Å². The van der Waals surface area contributed by atoms with Gasteiger partial charge in [-0.05, 0) is 61.6 Å². The Morgan fingerprint density at radius 3 is 2.57 bits per heavy atom. The van der Waals surface area contributed by atoms with Crippen LogP contribution < -0.4 is 16.1 Å². The summed E-state index contributed by atoms with van der Waals surface area (Å²) in [7, 11) is 0. The fourth-order valence-electron chi connectivity index (χ4n) is 2.98. The van der Waals surface area contributed by atoms with Crippen LogP contribution in [0.2, 0.25) is 0 Å². The van der Waals surface area contributed by atoms with Gasteiger partial charge in [0.25, 0.3) is 5.56 Å². The standard InChI is InChI=1S/C22H16N4O3S/c1-12(27)13-6-8-16(9-7-13)23-19-15(10-14-4-2-3-5-18(14)24-19)11-17-20(28)25-22(30)26-21(17)29/h2-11H,1H3,(H3,25,26,28,29,30)/b15-11+,23-19?. The van der Waals surface area contributed by atoms with Crippen molar-refractivity contribution in [3.8, 4) is 5.88 Å². The minimum Gasteiger partial charge on any atom is -0.494 e. The van der Waals surface area contributed by atoms with Crippen molar-refractivity contribution in [2.24, 2.45) is 9.98 Å². The molecule has 2 heterocycles. The number of para-hydroxylation sites is 1. The second-order valence-corrected chi connectivity index (χ2v) is 7.03. The van der Waals surface area contributed by atoms with Gasteiger partial charge < -0.3 is 10.1 Å². The lowest BCUT2D eigenvalue weighted by Gasteiger charge is -2.09. The number of nitrogens with zero attached hydrogens (tertiary/aromatic N) is 2. The highest BCUT2D eigenvalue weighted by Gasteiger charge is 2.13. The van der Waals surface area contributed by atoms with Gasteiger partial charge in [-0.25, -0.2) is 9.98 Å². The number of ketones is 1. The molecular formula is C22H16N4O3S. The topological polar surface area (TPSA) is 111 Å². The number of fused-ring (bicyclic) bond motifs is 1. The van der Waals surface area contributed by atoms with Crippen LogP contribution in [-0.2, 0) is 0 Å². The molecule has 0 bridgehead atoms. The molecule has 4 rings (SSSR count). The van der Waals surface area contributed by atoms with Crippen LogP contribution in [0.15, 0.2) is 68.9 Å². The van der Waals surface area contributed by atoms with E-state index in [0.29, 0.717) is 22.7 Å². The first-order chi connectivity index (χ1) is 14.4. The molecule has 148 valence electrons. The maximum Gasteiger partial charge on any atom is 0.262 e. The summed E-state index contributed by atoms with van der Waals surface area (Å²) >= 11 is 4.88. The van der Waals surface area contributed by atoms with Crippen LogP contribution in [-0.4, -0.2) is 26.7 Å². The second-order valence-electron chi connectivity index (χ2n) is 6.62. The lowest BCUT2D eigenvalue weighted by atomic mass is 10.1. The smallest absolute Gasteiger partial charge is 0.262 e. The van der Waals surface area contributed by atoms with E-state index in [2.05, 4.69) is 20.0 Å². The molecule has 0 radical (unpaired) electrons. The maximum atomic E-state index is 12.3. The normalized spacial score (nSPS) is 15.4. The summed E-state index contributed by atoms with van der Waals surface area (Å²) in [5.74, 6) is -0.00487. The van der Waals surface area contributed by atoms with Crippen molar-refractivity contribution in [1.82, 2.24) is 9.97 Å². The zero-order valence-electron chi connectivity index (χ0n) is 15.8. The first-order valence-electron chi connectivity index (χ1n) is 9.03. The molecule has 7 nitrogen and oxygen atoms in total. The van der Waals surface area contributed by atoms with Gasteiger partial charge in [0, 0.05) is 16.4 Å². The zero-order chi connectivity index (χ0) is 21.3. The van der Waals surface area contributed by atoms with E-state index in [1.807, 2.05) is 30.3 Å². The number of aliphatic imine (C=N–C) groups is 1. The third-order valence-corrected chi connectivity index (χ3v) is 4.70. The molecule has 0 saturated heterocycles. The Hall–Kier alpha value is -3.91. The van der Waals surface area contributed by atoms with Gasteiger partial charge in [0.15, 0.2) is 16.4 Å². The molecule has 3 aromatic rings. The van der Waals surface area contributed by atoms with E-state index >= 15 is 0 Å². The summed E-state index contributed by atoms with van der Waals surface area (Å²) in [4.78, 5) is 37.9. The van der Waals surface area contributed by atoms with E-state index < -0.39 is 5.56 Å². The van der Waals surface area contributed by atoms with Gasteiger partial charge in [-0.3, -0.25) is 14.6 Å². The van der Waals surface area contributed by atoms with Crippen molar-refractivity contribution in [3.05, 3.63) is 90.9 Å². The average Bonchev–Trinajstić information content (AvgIpc) is 2.71. The largest absolute Gasteiger partial charge is 0.494 e. The lowest BCUT2D eigenvalue weighted by molar-refractivity contribution is 0.101. The van der Waals surface area contributed by atoms with Crippen molar-refractivity contribution in [2.75, 3.05) is 0 Å². The summed E-state index contributed by atoms with van der Waals surface area (Å²) in [5, 5.41) is 11.7. The molecular weight excluding hydrogens is 400 g/mol. The Morgan fingerprint density at radius 2 is 1.87 bits per heavy atom. The molecule has 1 aliphatic rings. The first kappa shape index (κ1) is 19.4. The van der Waals surface area contributed by atoms with Gasteiger partial charge in [-0.1, -0.05) is 18.2 Å². The monoisotopic (exact) mass is 416 g/mol. The number of hydrogen-bond donors (Lipinski definition) is 3. The number of amidine groups is 1. The molecule has 2 aromatic carbocycles. The second kappa shape index (κ2) is 7.84. The van der Waals surface area contributed by atoms with Crippen molar-refractivity contribution >= 4 is 41.7 Å². The van der Waals surface area contributed by atoms with Gasteiger partial charge in [0.1, 0.15) is 5.56 Å². The van der Waals surface area contributed by atoms with E-state index in [9.17, 15) is 14.7 Å². The molecule has 1 aromatic heterocycles. The highest BCUT2D eigenvalue weighted by Crippen LogP contribution is 2.20. The fraction of sp³-hybridized carbons (Fsp3) is 0.0455. The van der Waals surface area contributed by atoms with Crippen LogP contribution in [0.25, 0.3) is 12.2 Å². The molecule has 8 heteroatoms. The number of hydrogen-bond acceptors (Lipinski definition) is 5. The number of aromatic nitrogens is 2. The number of nitrogens with one attached hydrogen (secondary N) is 2. The predicted octanol–water partition coefficient (Wildman–Crippen LogP) is 2.57. The Bertz CT molecular complexity index is 1460. The zero-order valence-corrected chi connectivity index (χ0v) is 16.7. The molecule has 0 unspecified atom stereocenters. The quantitative estimate of drug-likeness (QED) is 0.450. The fourth-order valence-corrected chi connectivity index (χ4v) is 3.17. The van der Waals surface area contributed by atoms with Crippen molar-refractivity contribution < 1.29 is 9.90 Å². The number of aromatic hydroxyl groups is 1. The van der Waals surface area contributed by atoms with Gasteiger partial charge in [-0.15, -0.1) is 0 Å². The summed E-state index contributed by atoms with van der Waals surface area (Å²) in [6.45, 7) is 1.50. The molecule has 0 fully saturated rings. The van der Waals surface area contributed by atoms with Crippen LogP contribution >= 0.6 is 12.2 Å². The predicted molar refractivity (Wildman–Crippen MR) is 117 cm³/mol. The van der Waals surface area contributed by atoms with E-state index in [0.717, 1.165) is 10.6 Å². The van der Waals surface area contributed by atoms with Crippen molar-refractivity contribution in [3.63, 3.8) is 0 Å². The SMILES string of the molecule is CC(=O)c1ccc(N=C2N=c3ccccc3=C/C2=C\c2c(O)[nH]c(=S)[nH]c2=O)cc1. The van der Waals surface area contributed by atoms with Crippen molar-refractivity contribution in [1.29, 1.82) is 0 Å². The minimum absolute atomic E-state index is 0.0176. The summed E-state index contributed by atoms with van der Waals surface area (Å²) < 4.78 is 0.0294. The third-order valence-electron chi connectivity index (χ3n) is 4.50. The number of aromatic amines is 2. The Kier molecular flexibility index (Phi) is 5.07. The number of Topliss-reactive ketones (excluding diaryl/α,β-unsaturated/α-hetero) is 1. The summed E-state index contributed by atoms with van der Waals surface area (Å²) in [6, 6.07) is 14.4. The summed E-state index contributed by atoms with van der Waals surface area (Å²) in [5.41, 5.74) is 1.21. The van der Waals surface area contributed by atoms with E-state index in [1.165, 1.54) is 13.0 Å². The molecule has 0 amide bonds. The molecule has 30 heavy (non-hydrogen) atoms. The molecule has 0 spiro atoms. The van der Waals surface area contributed by atoms with Crippen LogP contribution in [0.5, 0.6) is 5.88 Å². The Morgan fingerprint density at radius 1 is 1.13 bits per heavy atom. The number of benzene rings is 2. The van der Waals surface area contributed by atoms with E-state index in [1.54, 1.807) is 24.3 Å². The average molecular weight is 416 g/mol. The highest BCUT2D eigenvalue weighted by molar-refractivity contribution is 7.71. The lowest BCUT2D eigenvalue weighted by Crippen LogP contribution is -2.30. The van der Waals surface area contributed by atoms with Crippen LogP contribution in [0.1, 0.15) is 22.8 Å². The summed E-state index contributed by atoms with van der Waals surface area (Å²) in [6.07, 6.45) is 3.34. The van der Waals surface area contributed by atoms with E-state index in [-0.39, 0.29) is 22.0 Å². The number of H-pyrrole nitrogens is 2. The number of carbonyl (C=O) groups is 1. The first-order valence-corrected chi connectivity index (χ1v) is 9.44. The Balaban J connectivity index is 1.90. The molecule has 0 aliphatic carbocycles. The van der Waals surface area contributed by atoms with Crippen LogP contribution in [0.4, 0.5) is 5.69 Å². The Labute approximate surface area is 175 Å². The molecule has 3 N–H and O–H groups in total. The maximum absolute atomic E-state index is 12.3. The molecule has 0 saturated carbocycles. The van der Waals surface area contributed by atoms with Crippen LogP contribution in [0, 0.1) is 4.77 Å². The van der Waals surface area contributed by atoms with Gasteiger partial charge in [-0.2, -0.15) is 0 Å². The molecule has 1 aliphatic heterocycles. The van der Waals surface area contributed by atoms with E-state index in [4.69, 9.17) is 12.2 Å². The van der Waals surface area contributed by atoms with Crippen LogP contribution in [0.3, 0.4) is 0 Å².